The largest absolute Gasteiger partial charge is 0.456 e. The Morgan fingerprint density at radius 3 is 1.41 bits per heavy atom. The van der Waals surface area contributed by atoms with Crippen LogP contribution in [0, 0.1) is 0 Å². The molecule has 13 aromatic rings. The molecule has 12 aromatic carbocycles. The van der Waals surface area contributed by atoms with E-state index in [1.165, 1.54) is 82.4 Å². The summed E-state index contributed by atoms with van der Waals surface area (Å²) in [6, 6.07) is 94.6. The highest BCUT2D eigenvalue weighted by Crippen LogP contribution is 2.45. The van der Waals surface area contributed by atoms with Crippen LogP contribution in [-0.4, -0.2) is 0 Å². The summed E-state index contributed by atoms with van der Waals surface area (Å²) in [6.45, 7) is 0. The van der Waals surface area contributed by atoms with Gasteiger partial charge in [-0.2, -0.15) is 0 Å². The highest BCUT2D eigenvalue weighted by molar-refractivity contribution is 6.15. The zero-order valence-corrected chi connectivity index (χ0v) is 37.2. The van der Waals surface area contributed by atoms with Crippen molar-refractivity contribution in [3.05, 3.63) is 261 Å². The molecule has 0 radical (unpaired) electrons. The van der Waals surface area contributed by atoms with Gasteiger partial charge in [0.2, 0.25) is 0 Å². The second kappa shape index (κ2) is 16.5. The van der Waals surface area contributed by atoms with E-state index >= 15 is 0 Å². The van der Waals surface area contributed by atoms with E-state index in [0.29, 0.717) is 0 Å². The average molecular weight is 866 g/mol. The number of hydrogen-bond acceptors (Lipinski definition) is 2. The summed E-state index contributed by atoms with van der Waals surface area (Å²) in [4.78, 5) is 2.42. The van der Waals surface area contributed by atoms with E-state index in [-0.39, 0.29) is 0 Å². The summed E-state index contributed by atoms with van der Waals surface area (Å²) in [5, 5.41) is 9.63. The molecule has 0 fully saturated rings. The van der Waals surface area contributed by atoms with Gasteiger partial charge in [0.25, 0.3) is 0 Å². The first-order valence-electron chi connectivity index (χ1n) is 23.3. The quantitative estimate of drug-likeness (QED) is 0.142. The molecule has 1 heterocycles. The Hall–Kier alpha value is -8.98. The van der Waals surface area contributed by atoms with E-state index in [1.807, 2.05) is 12.1 Å². The van der Waals surface area contributed by atoms with Crippen LogP contribution in [0.2, 0.25) is 0 Å². The van der Waals surface area contributed by atoms with Gasteiger partial charge in [-0.05, 0) is 131 Å². The molecule has 2 heteroatoms. The van der Waals surface area contributed by atoms with E-state index in [4.69, 9.17) is 4.42 Å². The van der Waals surface area contributed by atoms with Gasteiger partial charge in [0.05, 0.1) is 5.69 Å². The second-order valence-electron chi connectivity index (χ2n) is 17.6. The predicted molar refractivity (Wildman–Crippen MR) is 288 cm³/mol. The molecule has 318 valence electrons. The molecule has 0 N–H and O–H groups in total. The molecule has 0 atom stereocenters. The van der Waals surface area contributed by atoms with Gasteiger partial charge in [-0.3, -0.25) is 0 Å². The number of para-hydroxylation sites is 1. The molecule has 0 saturated carbocycles. The summed E-state index contributed by atoms with van der Waals surface area (Å²) < 4.78 is 6.11. The van der Waals surface area contributed by atoms with Crippen LogP contribution in [0.1, 0.15) is 0 Å². The van der Waals surface area contributed by atoms with Gasteiger partial charge < -0.3 is 9.32 Å². The number of nitrogens with zero attached hydrogens (tertiary/aromatic N) is 1. The van der Waals surface area contributed by atoms with E-state index in [1.54, 1.807) is 0 Å². The molecule has 0 aliphatic heterocycles. The van der Waals surface area contributed by atoms with Gasteiger partial charge in [-0.1, -0.05) is 212 Å². The standard InChI is InChI=1S/C66H43NO/c1-2-12-44(13-3-1)45-26-28-50(29-27-45)58-40-34-49-14-4-7-17-57(49)66(58)51-32-38-55(39-33-51)67(63-43-53-15-5-6-16-56(53)59-18-8-9-19-60(59)63)54-36-30-47(31-37-54)46-22-24-48(25-23-46)52-35-41-65-62(42-52)61-20-10-11-21-64(61)68-65/h1-43H. The first kappa shape index (κ1) is 39.4. The van der Waals surface area contributed by atoms with E-state index in [0.717, 1.165) is 44.6 Å². The second-order valence-corrected chi connectivity index (χ2v) is 17.6. The van der Waals surface area contributed by atoms with E-state index in [9.17, 15) is 0 Å². The third-order valence-electron chi connectivity index (χ3n) is 13.7. The third kappa shape index (κ3) is 6.90. The molecule has 0 amide bonds. The Morgan fingerprint density at radius 2 is 0.721 bits per heavy atom. The lowest BCUT2D eigenvalue weighted by atomic mass is 9.89. The van der Waals surface area contributed by atoms with Crippen LogP contribution >= 0.6 is 0 Å². The van der Waals surface area contributed by atoms with Gasteiger partial charge in [0.1, 0.15) is 11.2 Å². The number of rotatable bonds is 8. The number of benzene rings is 12. The van der Waals surface area contributed by atoms with Gasteiger partial charge in [-0.15, -0.1) is 0 Å². The van der Waals surface area contributed by atoms with Gasteiger partial charge in [-0.25, -0.2) is 0 Å². The van der Waals surface area contributed by atoms with Crippen molar-refractivity contribution in [1.82, 2.24) is 0 Å². The summed E-state index contributed by atoms with van der Waals surface area (Å²) in [7, 11) is 0. The zero-order valence-electron chi connectivity index (χ0n) is 37.2. The van der Waals surface area contributed by atoms with Crippen LogP contribution in [0.4, 0.5) is 17.1 Å². The Bertz CT molecular complexity index is 3980. The van der Waals surface area contributed by atoms with Crippen molar-refractivity contribution < 1.29 is 4.42 Å². The molecule has 13 rings (SSSR count). The van der Waals surface area contributed by atoms with Crippen molar-refractivity contribution >= 4 is 71.3 Å². The topological polar surface area (TPSA) is 16.4 Å². The molecule has 0 unspecified atom stereocenters. The maximum Gasteiger partial charge on any atom is 0.135 e. The molecule has 0 spiro atoms. The monoisotopic (exact) mass is 865 g/mol. The summed E-state index contributed by atoms with van der Waals surface area (Å²) >= 11 is 0. The van der Waals surface area contributed by atoms with Crippen molar-refractivity contribution in [2.24, 2.45) is 0 Å². The van der Waals surface area contributed by atoms with Crippen LogP contribution in [0.25, 0.3) is 110 Å². The minimum atomic E-state index is 0.910. The smallest absolute Gasteiger partial charge is 0.135 e. The van der Waals surface area contributed by atoms with Crippen molar-refractivity contribution in [3.8, 4) is 55.6 Å². The van der Waals surface area contributed by atoms with Crippen LogP contribution in [-0.2, 0) is 0 Å². The number of hydrogen-bond donors (Lipinski definition) is 0. The van der Waals surface area contributed by atoms with Gasteiger partial charge in [0.15, 0.2) is 0 Å². The van der Waals surface area contributed by atoms with Gasteiger partial charge >= 0.3 is 0 Å². The van der Waals surface area contributed by atoms with Crippen molar-refractivity contribution in [3.63, 3.8) is 0 Å². The third-order valence-corrected chi connectivity index (χ3v) is 13.7. The Kier molecular flexibility index (Phi) is 9.54. The maximum atomic E-state index is 6.11. The van der Waals surface area contributed by atoms with Crippen LogP contribution < -0.4 is 4.90 Å². The molecule has 0 saturated heterocycles. The van der Waals surface area contributed by atoms with Crippen LogP contribution in [0.3, 0.4) is 0 Å². The van der Waals surface area contributed by atoms with Crippen LogP contribution in [0.5, 0.6) is 0 Å². The molecular formula is C66H43NO. The van der Waals surface area contributed by atoms with Gasteiger partial charge in [0, 0.05) is 27.5 Å². The fraction of sp³-hybridized carbons (Fsp3) is 0. The normalized spacial score (nSPS) is 11.5. The number of fused-ring (bicyclic) bond motifs is 7. The number of anilines is 3. The lowest BCUT2D eigenvalue weighted by molar-refractivity contribution is 0.669. The fourth-order valence-corrected chi connectivity index (χ4v) is 10.3. The minimum absolute atomic E-state index is 0.910. The summed E-state index contributed by atoms with van der Waals surface area (Å²) in [5.41, 5.74) is 17.0. The highest BCUT2D eigenvalue weighted by Gasteiger charge is 2.19. The average Bonchev–Trinajstić information content (AvgIpc) is 3.79. The molecular weight excluding hydrogens is 823 g/mol. The number of furan rings is 1. The molecule has 0 bridgehead atoms. The predicted octanol–water partition coefficient (Wildman–Crippen LogP) is 18.9. The molecule has 68 heavy (non-hydrogen) atoms. The summed E-state index contributed by atoms with van der Waals surface area (Å²) in [5.74, 6) is 0. The maximum absolute atomic E-state index is 6.11. The lowest BCUT2D eigenvalue weighted by Crippen LogP contribution is -2.10. The molecule has 1 aromatic heterocycles. The van der Waals surface area contributed by atoms with Crippen molar-refractivity contribution in [2.45, 2.75) is 0 Å². The Morgan fingerprint density at radius 1 is 0.250 bits per heavy atom. The van der Waals surface area contributed by atoms with Crippen molar-refractivity contribution in [1.29, 1.82) is 0 Å². The zero-order chi connectivity index (χ0) is 45.0. The fourth-order valence-electron chi connectivity index (χ4n) is 10.3. The van der Waals surface area contributed by atoms with E-state index < -0.39 is 0 Å². The Balaban J connectivity index is 0.893. The van der Waals surface area contributed by atoms with Crippen molar-refractivity contribution in [2.75, 3.05) is 4.90 Å². The molecule has 0 aliphatic carbocycles. The molecule has 2 nitrogen and oxygen atoms in total. The highest BCUT2D eigenvalue weighted by atomic mass is 16.3. The minimum Gasteiger partial charge on any atom is -0.456 e. The summed E-state index contributed by atoms with van der Waals surface area (Å²) in [6.07, 6.45) is 0. The SMILES string of the molecule is c1ccc(-c2ccc(-c3ccc4ccccc4c3-c3ccc(N(c4ccc(-c5ccc(-c6ccc7oc8ccccc8c7c6)cc5)cc4)c4cc5ccccc5c5ccccc45)cc3)cc2)cc1. The lowest BCUT2D eigenvalue weighted by Gasteiger charge is -2.28. The molecule has 0 aliphatic rings. The Labute approximate surface area is 395 Å². The first-order chi connectivity index (χ1) is 33.7. The first-order valence-corrected chi connectivity index (χ1v) is 23.3. The van der Waals surface area contributed by atoms with E-state index in [2.05, 4.69) is 254 Å². The van der Waals surface area contributed by atoms with Crippen LogP contribution in [0.15, 0.2) is 265 Å².